The number of benzene rings is 1. The molecule has 1 rings (SSSR count). The fourth-order valence-corrected chi connectivity index (χ4v) is 1.79. The summed E-state index contributed by atoms with van der Waals surface area (Å²) in [5, 5.41) is 11.7. The zero-order chi connectivity index (χ0) is 13.0. The average molecular weight is 304 g/mol. The van der Waals surface area contributed by atoms with Crippen LogP contribution in [0.3, 0.4) is 0 Å². The Bertz CT molecular complexity index is 411. The van der Waals surface area contributed by atoms with Gasteiger partial charge in [0.25, 0.3) is 5.91 Å². The molecule has 2 atom stereocenters. The van der Waals surface area contributed by atoms with Crippen molar-refractivity contribution in [1.29, 1.82) is 0 Å². The third kappa shape index (κ3) is 3.78. The van der Waals surface area contributed by atoms with Crippen LogP contribution in [0.5, 0.6) is 0 Å². The Hall–Kier alpha value is -0.940. The van der Waals surface area contributed by atoms with Gasteiger partial charge in [0.05, 0.1) is 5.56 Å². The van der Waals surface area contributed by atoms with E-state index in [2.05, 4.69) is 21.2 Å². The maximum absolute atomic E-state index is 12.9. The minimum absolute atomic E-state index is 0.00599. The molecule has 5 heteroatoms. The summed E-state index contributed by atoms with van der Waals surface area (Å²) in [4.78, 5) is 11.9. The summed E-state index contributed by atoms with van der Waals surface area (Å²) in [7, 11) is 0. The van der Waals surface area contributed by atoms with Crippen molar-refractivity contribution in [2.45, 2.75) is 19.9 Å². The van der Waals surface area contributed by atoms with Crippen molar-refractivity contribution in [1.82, 2.24) is 5.32 Å². The van der Waals surface area contributed by atoms with E-state index in [-0.39, 0.29) is 24.5 Å². The first-order valence-corrected chi connectivity index (χ1v) is 6.11. The molecular weight excluding hydrogens is 289 g/mol. The Morgan fingerprint density at radius 1 is 1.53 bits per heavy atom. The molecule has 0 aliphatic carbocycles. The fourth-order valence-electron chi connectivity index (χ4n) is 1.26. The van der Waals surface area contributed by atoms with E-state index in [0.29, 0.717) is 10.0 Å². The van der Waals surface area contributed by atoms with Gasteiger partial charge in [-0.15, -0.1) is 0 Å². The SMILES string of the molecule is CC(CO)C(C)NC(=O)c1ccc(F)cc1Br. The molecule has 0 spiro atoms. The lowest BCUT2D eigenvalue weighted by Crippen LogP contribution is -2.38. The molecule has 3 nitrogen and oxygen atoms in total. The van der Waals surface area contributed by atoms with Crippen molar-refractivity contribution >= 4 is 21.8 Å². The van der Waals surface area contributed by atoms with Crippen LogP contribution in [-0.2, 0) is 0 Å². The van der Waals surface area contributed by atoms with Crippen molar-refractivity contribution in [3.63, 3.8) is 0 Å². The van der Waals surface area contributed by atoms with Crippen molar-refractivity contribution in [2.24, 2.45) is 5.92 Å². The highest BCUT2D eigenvalue weighted by Gasteiger charge is 2.16. The number of carbonyl (C=O) groups excluding carboxylic acids is 1. The highest BCUT2D eigenvalue weighted by Crippen LogP contribution is 2.18. The van der Waals surface area contributed by atoms with Gasteiger partial charge in [0, 0.05) is 17.1 Å². The molecule has 0 saturated carbocycles. The zero-order valence-corrected chi connectivity index (χ0v) is 11.3. The highest BCUT2D eigenvalue weighted by molar-refractivity contribution is 9.10. The van der Waals surface area contributed by atoms with E-state index in [1.54, 1.807) is 0 Å². The summed E-state index contributed by atoms with van der Waals surface area (Å²) in [5.74, 6) is -0.715. The van der Waals surface area contributed by atoms with Crippen LogP contribution in [0, 0.1) is 11.7 Å². The molecule has 0 aromatic heterocycles. The second-order valence-corrected chi connectivity index (χ2v) is 4.90. The lowest BCUT2D eigenvalue weighted by Gasteiger charge is -2.19. The maximum Gasteiger partial charge on any atom is 0.252 e. The van der Waals surface area contributed by atoms with Crippen LogP contribution in [0.4, 0.5) is 4.39 Å². The number of aliphatic hydroxyl groups is 1. The number of aliphatic hydroxyl groups excluding tert-OH is 1. The van der Waals surface area contributed by atoms with Crippen LogP contribution < -0.4 is 5.32 Å². The van der Waals surface area contributed by atoms with Crippen LogP contribution in [0.2, 0.25) is 0 Å². The van der Waals surface area contributed by atoms with E-state index in [9.17, 15) is 9.18 Å². The number of carbonyl (C=O) groups is 1. The van der Waals surface area contributed by atoms with E-state index in [1.165, 1.54) is 18.2 Å². The quantitative estimate of drug-likeness (QED) is 0.897. The summed E-state index contributed by atoms with van der Waals surface area (Å²) in [6, 6.07) is 3.75. The summed E-state index contributed by atoms with van der Waals surface area (Å²) in [6.45, 7) is 3.66. The third-order valence-corrected chi connectivity index (χ3v) is 3.33. The molecule has 0 aliphatic heterocycles. The first kappa shape index (κ1) is 14.1. The predicted molar refractivity (Wildman–Crippen MR) is 67.3 cm³/mol. The molecule has 0 radical (unpaired) electrons. The molecule has 2 N–H and O–H groups in total. The molecule has 1 aromatic rings. The lowest BCUT2D eigenvalue weighted by atomic mass is 10.0. The summed E-state index contributed by atoms with van der Waals surface area (Å²) >= 11 is 3.14. The summed E-state index contributed by atoms with van der Waals surface area (Å²) in [6.07, 6.45) is 0. The maximum atomic E-state index is 12.9. The standard InChI is InChI=1S/C12H15BrFNO2/c1-7(6-16)8(2)15-12(17)10-4-3-9(14)5-11(10)13/h3-5,7-8,16H,6H2,1-2H3,(H,15,17). The first-order chi connectivity index (χ1) is 7.95. The van der Waals surface area contributed by atoms with Crippen LogP contribution in [0.25, 0.3) is 0 Å². The second-order valence-electron chi connectivity index (χ2n) is 4.05. The van der Waals surface area contributed by atoms with Gasteiger partial charge in [-0.25, -0.2) is 4.39 Å². The fraction of sp³-hybridized carbons (Fsp3) is 0.417. The van der Waals surface area contributed by atoms with Crippen molar-refractivity contribution in [3.05, 3.63) is 34.1 Å². The number of nitrogens with one attached hydrogen (secondary N) is 1. The number of hydrogen-bond acceptors (Lipinski definition) is 2. The monoisotopic (exact) mass is 303 g/mol. The third-order valence-electron chi connectivity index (χ3n) is 2.68. The average Bonchev–Trinajstić information content (AvgIpc) is 2.27. The molecule has 17 heavy (non-hydrogen) atoms. The van der Waals surface area contributed by atoms with Gasteiger partial charge in [0.15, 0.2) is 0 Å². The van der Waals surface area contributed by atoms with Gasteiger partial charge in [-0.05, 0) is 47.0 Å². The van der Waals surface area contributed by atoms with Gasteiger partial charge in [-0.3, -0.25) is 4.79 Å². The minimum atomic E-state index is -0.398. The molecule has 0 fully saturated rings. The normalized spacial score (nSPS) is 14.2. The lowest BCUT2D eigenvalue weighted by molar-refractivity contribution is 0.0915. The van der Waals surface area contributed by atoms with E-state index < -0.39 is 5.82 Å². The largest absolute Gasteiger partial charge is 0.396 e. The zero-order valence-electron chi connectivity index (χ0n) is 9.71. The minimum Gasteiger partial charge on any atom is -0.396 e. The van der Waals surface area contributed by atoms with E-state index in [0.717, 1.165) is 0 Å². The van der Waals surface area contributed by atoms with Gasteiger partial charge >= 0.3 is 0 Å². The Kier molecular flexibility index (Phi) is 5.08. The van der Waals surface area contributed by atoms with Gasteiger partial charge in [-0.1, -0.05) is 6.92 Å². The summed E-state index contributed by atoms with van der Waals surface area (Å²) < 4.78 is 13.3. The number of rotatable bonds is 4. The van der Waals surface area contributed by atoms with Gasteiger partial charge in [-0.2, -0.15) is 0 Å². The molecular formula is C12H15BrFNO2. The van der Waals surface area contributed by atoms with E-state index >= 15 is 0 Å². The van der Waals surface area contributed by atoms with Gasteiger partial charge in [0.2, 0.25) is 0 Å². The molecule has 1 amide bonds. The smallest absolute Gasteiger partial charge is 0.252 e. The van der Waals surface area contributed by atoms with E-state index in [1.807, 2.05) is 13.8 Å². The number of hydrogen-bond donors (Lipinski definition) is 2. The highest BCUT2D eigenvalue weighted by atomic mass is 79.9. The van der Waals surface area contributed by atoms with Crippen LogP contribution in [0.15, 0.2) is 22.7 Å². The molecule has 1 aromatic carbocycles. The Morgan fingerprint density at radius 2 is 2.18 bits per heavy atom. The van der Waals surface area contributed by atoms with Crippen LogP contribution in [-0.4, -0.2) is 23.7 Å². The number of halogens is 2. The Labute approximate surface area is 108 Å². The predicted octanol–water partition coefficient (Wildman–Crippen LogP) is 2.33. The van der Waals surface area contributed by atoms with Crippen molar-refractivity contribution in [3.8, 4) is 0 Å². The topological polar surface area (TPSA) is 49.3 Å². The molecule has 2 unspecified atom stereocenters. The molecule has 0 aliphatic rings. The summed E-state index contributed by atoms with van der Waals surface area (Å²) in [5.41, 5.74) is 0.378. The molecule has 94 valence electrons. The number of amides is 1. The van der Waals surface area contributed by atoms with Crippen molar-refractivity contribution < 1.29 is 14.3 Å². The van der Waals surface area contributed by atoms with Crippen LogP contribution >= 0.6 is 15.9 Å². The first-order valence-electron chi connectivity index (χ1n) is 5.32. The van der Waals surface area contributed by atoms with Gasteiger partial charge < -0.3 is 10.4 Å². The Balaban J connectivity index is 2.76. The van der Waals surface area contributed by atoms with Crippen molar-refractivity contribution in [2.75, 3.05) is 6.61 Å². The molecule has 0 heterocycles. The van der Waals surface area contributed by atoms with Gasteiger partial charge in [0.1, 0.15) is 5.82 Å². The van der Waals surface area contributed by atoms with E-state index in [4.69, 9.17) is 5.11 Å². The molecule has 0 saturated heterocycles. The Morgan fingerprint density at radius 3 is 2.71 bits per heavy atom. The molecule has 0 bridgehead atoms. The van der Waals surface area contributed by atoms with Crippen LogP contribution in [0.1, 0.15) is 24.2 Å². The second kappa shape index (κ2) is 6.12.